The van der Waals surface area contributed by atoms with Crippen LogP contribution in [0.5, 0.6) is 0 Å². The number of hydrogen-bond acceptors (Lipinski definition) is 4. The Balaban J connectivity index is 2.23. The fraction of sp³-hybridized carbons (Fsp3) is 0.0556. The van der Waals surface area contributed by atoms with Gasteiger partial charge in [0.05, 0.1) is 20.6 Å². The Labute approximate surface area is 209 Å². The topological polar surface area (TPSA) is 75.3 Å². The minimum atomic E-state index is -4.19. The van der Waals surface area contributed by atoms with E-state index >= 15 is 0 Å². The van der Waals surface area contributed by atoms with Crippen LogP contribution < -0.4 is 10.0 Å². The summed E-state index contributed by atoms with van der Waals surface area (Å²) in [5, 5.41) is 1.24. The lowest BCUT2D eigenvalue weighted by Crippen LogP contribution is -2.57. The molecule has 2 aromatic rings. The van der Waals surface area contributed by atoms with Crippen LogP contribution in [0.1, 0.15) is 0 Å². The van der Waals surface area contributed by atoms with Crippen molar-refractivity contribution in [1.82, 2.24) is 4.72 Å². The summed E-state index contributed by atoms with van der Waals surface area (Å²) in [6.07, 6.45) is 0. The van der Waals surface area contributed by atoms with Crippen molar-refractivity contribution in [3.8, 4) is 0 Å². The molecule has 1 aliphatic rings. The Morgan fingerprint density at radius 2 is 1.43 bits per heavy atom. The van der Waals surface area contributed by atoms with Crippen molar-refractivity contribution in [1.29, 1.82) is 0 Å². The van der Waals surface area contributed by atoms with E-state index in [-0.39, 0.29) is 15.0 Å². The van der Waals surface area contributed by atoms with Crippen molar-refractivity contribution >= 4 is 99.8 Å². The van der Waals surface area contributed by atoms with Crippen molar-refractivity contribution in [3.63, 3.8) is 0 Å². The monoisotopic (exact) mass is 632 g/mol. The number of sulfonamides is 1. The van der Waals surface area contributed by atoms with Crippen LogP contribution in [-0.2, 0) is 14.8 Å². The average molecular weight is 636 g/mol. The molecule has 0 aliphatic heterocycles. The average Bonchev–Trinajstić information content (AvgIpc) is 2.72. The molecule has 0 aromatic heterocycles. The van der Waals surface area contributed by atoms with Crippen molar-refractivity contribution in [2.24, 2.45) is 0 Å². The molecule has 0 radical (unpaired) electrons. The molecule has 2 aromatic carbocycles. The predicted octanol–water partition coefficient (Wildman–Crippen LogP) is 6.26. The molecule has 0 saturated carbocycles. The summed E-state index contributed by atoms with van der Waals surface area (Å²) in [5.41, 5.74) is -1.63. The first-order chi connectivity index (χ1) is 14.0. The van der Waals surface area contributed by atoms with Crippen molar-refractivity contribution in [3.05, 3.63) is 77.6 Å². The second kappa shape index (κ2) is 9.11. The van der Waals surface area contributed by atoms with Gasteiger partial charge in [-0.25, -0.2) is 8.42 Å². The highest BCUT2D eigenvalue weighted by Gasteiger charge is 2.49. The highest BCUT2D eigenvalue weighted by Crippen LogP contribution is 2.45. The van der Waals surface area contributed by atoms with E-state index in [4.69, 9.17) is 46.4 Å². The van der Waals surface area contributed by atoms with E-state index in [1.54, 1.807) is 36.4 Å². The summed E-state index contributed by atoms with van der Waals surface area (Å²) in [4.78, 5) is 12.2. The minimum absolute atomic E-state index is 0.0564. The van der Waals surface area contributed by atoms with Gasteiger partial charge in [-0.1, -0.05) is 80.5 Å². The van der Waals surface area contributed by atoms with Crippen molar-refractivity contribution in [2.45, 2.75) is 10.6 Å². The van der Waals surface area contributed by atoms with Gasteiger partial charge in [0.2, 0.25) is 15.8 Å². The zero-order valence-electron chi connectivity index (χ0n) is 14.5. The molecule has 0 heterocycles. The van der Waals surface area contributed by atoms with Gasteiger partial charge >= 0.3 is 0 Å². The highest BCUT2D eigenvalue weighted by molar-refractivity contribution is 9.11. The van der Waals surface area contributed by atoms with Crippen LogP contribution in [0.25, 0.3) is 0 Å². The van der Waals surface area contributed by atoms with Gasteiger partial charge in [-0.05, 0) is 46.3 Å². The fourth-order valence-electron chi connectivity index (χ4n) is 2.60. The Kier molecular flexibility index (Phi) is 7.31. The number of benzene rings is 2. The largest absolute Gasteiger partial charge is 0.357 e. The van der Waals surface area contributed by atoms with E-state index < -0.39 is 31.5 Å². The molecular formula is C18H10Br2Cl4N2O3S. The molecule has 30 heavy (non-hydrogen) atoms. The Morgan fingerprint density at radius 1 is 0.867 bits per heavy atom. The molecule has 0 amide bonds. The molecule has 0 fully saturated rings. The zero-order chi connectivity index (χ0) is 22.3. The smallest absolute Gasteiger partial charge is 0.243 e. The van der Waals surface area contributed by atoms with Crippen LogP contribution in [0, 0.1) is 0 Å². The molecule has 0 saturated heterocycles. The maximum absolute atomic E-state index is 13.1. The van der Waals surface area contributed by atoms with Crippen molar-refractivity contribution in [2.75, 3.05) is 5.32 Å². The summed E-state index contributed by atoms with van der Waals surface area (Å²) < 4.78 is 30.0. The first-order valence-corrected chi connectivity index (χ1v) is 12.6. The van der Waals surface area contributed by atoms with Crippen LogP contribution >= 0.6 is 78.3 Å². The minimum Gasteiger partial charge on any atom is -0.357 e. The standard InChI is InChI=1S/C18H10Br2Cl4N2O3S/c19-9-6-7-12(11(20)8-9)25-18(16(23)13(21)15(27)14(22)17(18)24)26-30(28,29)10-4-2-1-3-5-10/h1-8,25-26H. The Morgan fingerprint density at radius 3 is 1.97 bits per heavy atom. The number of anilines is 1. The normalized spacial score (nSPS) is 16.8. The summed E-state index contributed by atoms with van der Waals surface area (Å²) in [5.74, 6) is -0.820. The van der Waals surface area contributed by atoms with E-state index in [1.807, 2.05) is 0 Å². The quantitative estimate of drug-likeness (QED) is 0.381. The molecule has 3 rings (SSSR count). The molecule has 1 aliphatic carbocycles. The lowest BCUT2D eigenvalue weighted by molar-refractivity contribution is -0.111. The summed E-state index contributed by atoms with van der Waals surface area (Å²) in [6.45, 7) is 0. The number of halogens is 6. The maximum atomic E-state index is 13.1. The highest BCUT2D eigenvalue weighted by atomic mass is 79.9. The number of allylic oxidation sites excluding steroid dienone is 2. The van der Waals surface area contributed by atoms with Gasteiger partial charge in [-0.3, -0.25) is 4.79 Å². The molecule has 0 atom stereocenters. The number of Topliss-reactive ketones (excluding diaryl/α,β-unsaturated/α-hetero) is 1. The number of carbonyl (C=O) groups is 1. The predicted molar refractivity (Wildman–Crippen MR) is 127 cm³/mol. The number of ketones is 1. The van der Waals surface area contributed by atoms with Gasteiger partial charge in [0, 0.05) is 8.95 Å². The lowest BCUT2D eigenvalue weighted by Gasteiger charge is -2.38. The Hall–Kier alpha value is -0.580. The van der Waals surface area contributed by atoms with Crippen LogP contribution in [0.3, 0.4) is 0 Å². The van der Waals surface area contributed by atoms with E-state index in [2.05, 4.69) is 41.9 Å². The number of carbonyl (C=O) groups excluding carboxylic acids is 1. The van der Waals surface area contributed by atoms with Crippen LogP contribution in [0.15, 0.2) is 82.5 Å². The third kappa shape index (κ3) is 4.47. The molecular weight excluding hydrogens is 626 g/mol. The molecule has 158 valence electrons. The molecule has 5 nitrogen and oxygen atoms in total. The summed E-state index contributed by atoms with van der Waals surface area (Å²) in [6, 6.07) is 12.6. The number of rotatable bonds is 5. The van der Waals surface area contributed by atoms with Gasteiger partial charge in [-0.15, -0.1) is 0 Å². The summed E-state index contributed by atoms with van der Waals surface area (Å²) in [7, 11) is -4.19. The second-order valence-electron chi connectivity index (χ2n) is 6.00. The second-order valence-corrected chi connectivity index (χ2v) is 11.0. The van der Waals surface area contributed by atoms with Gasteiger partial charge in [0.25, 0.3) is 0 Å². The maximum Gasteiger partial charge on any atom is 0.243 e. The summed E-state index contributed by atoms with van der Waals surface area (Å²) >= 11 is 31.7. The van der Waals surface area contributed by atoms with E-state index in [0.29, 0.717) is 10.2 Å². The molecule has 0 bridgehead atoms. The van der Waals surface area contributed by atoms with E-state index in [0.717, 1.165) is 4.47 Å². The van der Waals surface area contributed by atoms with Crippen LogP contribution in [0.4, 0.5) is 5.69 Å². The molecule has 0 spiro atoms. The lowest BCUT2D eigenvalue weighted by atomic mass is 10.0. The van der Waals surface area contributed by atoms with Gasteiger partial charge in [0.1, 0.15) is 10.1 Å². The van der Waals surface area contributed by atoms with E-state index in [1.165, 1.54) is 12.1 Å². The Bertz CT molecular complexity index is 1170. The van der Waals surface area contributed by atoms with Crippen LogP contribution in [-0.4, -0.2) is 19.9 Å². The molecule has 12 heteroatoms. The SMILES string of the molecule is O=C1C(Cl)=C(Cl)C(Nc2ccc(Br)cc2Br)(NS(=O)(=O)c2ccccc2)C(Cl)=C1Cl. The number of nitrogens with one attached hydrogen (secondary N) is 2. The van der Waals surface area contributed by atoms with Crippen LogP contribution in [0.2, 0.25) is 0 Å². The fourth-order valence-corrected chi connectivity index (χ4v) is 6.27. The number of hydrogen-bond donors (Lipinski definition) is 2. The van der Waals surface area contributed by atoms with Gasteiger partial charge in [0.15, 0.2) is 5.66 Å². The zero-order valence-corrected chi connectivity index (χ0v) is 21.5. The third-order valence-electron chi connectivity index (χ3n) is 4.04. The first-order valence-electron chi connectivity index (χ1n) is 7.98. The third-order valence-corrected chi connectivity index (χ3v) is 8.51. The van der Waals surface area contributed by atoms with E-state index in [9.17, 15) is 13.2 Å². The van der Waals surface area contributed by atoms with Gasteiger partial charge in [-0.2, -0.15) is 4.72 Å². The molecule has 2 N–H and O–H groups in total. The van der Waals surface area contributed by atoms with Crippen molar-refractivity contribution < 1.29 is 13.2 Å². The molecule has 0 unspecified atom stereocenters. The van der Waals surface area contributed by atoms with Gasteiger partial charge < -0.3 is 5.32 Å². The first kappa shape index (κ1) is 24.1.